The fraction of sp³-hybridized carbons (Fsp3) is 0.200. The number of rotatable bonds is 4. The fourth-order valence-electron chi connectivity index (χ4n) is 1.83. The molecule has 0 radical (unpaired) electrons. The number of hydrogen-bond acceptors (Lipinski definition) is 5. The zero-order valence-corrected chi connectivity index (χ0v) is 12.6. The van der Waals surface area contributed by atoms with Crippen molar-refractivity contribution in [3.05, 3.63) is 52.2 Å². The van der Waals surface area contributed by atoms with Crippen LogP contribution in [-0.2, 0) is 15.1 Å². The summed E-state index contributed by atoms with van der Waals surface area (Å²) in [6.07, 6.45) is 0. The third kappa shape index (κ3) is 3.12. The molecule has 1 aromatic carbocycles. The minimum absolute atomic E-state index is 0.342. The Morgan fingerprint density at radius 3 is 2.52 bits per heavy atom. The Morgan fingerprint density at radius 2 is 1.90 bits per heavy atom. The van der Waals surface area contributed by atoms with Crippen molar-refractivity contribution in [2.75, 3.05) is 12.4 Å². The standard InChI is InChI=1S/C15H16N2O3S/c1-15(16,10-6-4-3-5-7-10)14(19)17-11-8-9-21-12(11)13(18)20-2/h3-9H,16H2,1-2H3,(H,17,19). The number of esters is 1. The highest BCUT2D eigenvalue weighted by Crippen LogP contribution is 2.26. The molecular weight excluding hydrogens is 288 g/mol. The maximum atomic E-state index is 12.4. The highest BCUT2D eigenvalue weighted by atomic mass is 32.1. The van der Waals surface area contributed by atoms with E-state index in [0.717, 1.165) is 0 Å². The Kier molecular flexibility index (Phi) is 4.40. The summed E-state index contributed by atoms with van der Waals surface area (Å²) in [6.45, 7) is 1.63. The number of thiophene rings is 1. The minimum Gasteiger partial charge on any atom is -0.465 e. The third-order valence-corrected chi connectivity index (χ3v) is 4.02. The van der Waals surface area contributed by atoms with Gasteiger partial charge < -0.3 is 15.8 Å². The Labute approximate surface area is 126 Å². The predicted octanol–water partition coefficient (Wildman–Crippen LogP) is 2.35. The SMILES string of the molecule is COC(=O)c1sccc1NC(=O)C(C)(N)c1ccccc1. The largest absolute Gasteiger partial charge is 0.465 e. The van der Waals surface area contributed by atoms with Crippen molar-refractivity contribution in [3.63, 3.8) is 0 Å². The van der Waals surface area contributed by atoms with Crippen molar-refractivity contribution in [1.82, 2.24) is 0 Å². The van der Waals surface area contributed by atoms with E-state index in [1.165, 1.54) is 18.4 Å². The summed E-state index contributed by atoms with van der Waals surface area (Å²) in [6, 6.07) is 10.7. The van der Waals surface area contributed by atoms with Crippen LogP contribution in [0, 0.1) is 0 Å². The van der Waals surface area contributed by atoms with Gasteiger partial charge in [0.1, 0.15) is 10.4 Å². The number of carbonyl (C=O) groups is 2. The molecule has 0 aliphatic carbocycles. The number of methoxy groups -OCH3 is 1. The van der Waals surface area contributed by atoms with Crippen LogP contribution in [0.15, 0.2) is 41.8 Å². The van der Waals surface area contributed by atoms with Gasteiger partial charge in [-0.15, -0.1) is 11.3 Å². The number of carbonyl (C=O) groups excluding carboxylic acids is 2. The first-order valence-corrected chi connectivity index (χ1v) is 7.16. The van der Waals surface area contributed by atoms with Crippen LogP contribution >= 0.6 is 11.3 Å². The van der Waals surface area contributed by atoms with Gasteiger partial charge in [-0.2, -0.15) is 0 Å². The maximum Gasteiger partial charge on any atom is 0.350 e. The van der Waals surface area contributed by atoms with Gasteiger partial charge in [0.15, 0.2) is 0 Å². The van der Waals surface area contributed by atoms with Crippen molar-refractivity contribution >= 4 is 28.9 Å². The third-order valence-electron chi connectivity index (χ3n) is 3.13. The molecule has 0 aliphatic rings. The van der Waals surface area contributed by atoms with Crippen LogP contribution in [0.3, 0.4) is 0 Å². The average Bonchev–Trinajstić information content (AvgIpc) is 2.95. The molecule has 0 fully saturated rings. The number of nitrogens with two attached hydrogens (primary N) is 1. The number of ether oxygens (including phenoxy) is 1. The molecule has 0 spiro atoms. The molecule has 1 atom stereocenters. The first-order valence-electron chi connectivity index (χ1n) is 6.28. The number of hydrogen-bond donors (Lipinski definition) is 2. The summed E-state index contributed by atoms with van der Waals surface area (Å²) in [5, 5.41) is 4.40. The molecule has 5 nitrogen and oxygen atoms in total. The Morgan fingerprint density at radius 1 is 1.24 bits per heavy atom. The van der Waals surface area contributed by atoms with E-state index in [1.807, 2.05) is 18.2 Å². The summed E-state index contributed by atoms with van der Waals surface area (Å²) in [7, 11) is 1.30. The summed E-state index contributed by atoms with van der Waals surface area (Å²) in [5.41, 5.74) is 6.03. The van der Waals surface area contributed by atoms with Crippen LogP contribution in [0.5, 0.6) is 0 Å². The molecule has 110 valence electrons. The van der Waals surface area contributed by atoms with Crippen LogP contribution in [0.4, 0.5) is 5.69 Å². The summed E-state index contributed by atoms with van der Waals surface area (Å²) in [5.74, 6) is -0.879. The van der Waals surface area contributed by atoms with Crippen molar-refractivity contribution < 1.29 is 14.3 Å². The van der Waals surface area contributed by atoms with Crippen molar-refractivity contribution in [3.8, 4) is 0 Å². The lowest BCUT2D eigenvalue weighted by molar-refractivity contribution is -0.120. The van der Waals surface area contributed by atoms with Gasteiger partial charge in [-0.3, -0.25) is 4.79 Å². The van der Waals surface area contributed by atoms with Crippen molar-refractivity contribution in [2.45, 2.75) is 12.5 Å². The molecule has 3 N–H and O–H groups in total. The molecule has 21 heavy (non-hydrogen) atoms. The molecular formula is C15H16N2O3S. The maximum absolute atomic E-state index is 12.4. The number of benzene rings is 1. The van der Waals surface area contributed by atoms with Gasteiger partial charge in [0.2, 0.25) is 5.91 Å². The highest BCUT2D eigenvalue weighted by molar-refractivity contribution is 7.12. The molecule has 0 saturated carbocycles. The molecule has 1 heterocycles. The van der Waals surface area contributed by atoms with Gasteiger partial charge >= 0.3 is 5.97 Å². The molecule has 1 amide bonds. The summed E-state index contributed by atoms with van der Waals surface area (Å²) < 4.78 is 4.68. The second-order valence-corrected chi connectivity index (χ2v) is 5.59. The molecule has 2 aromatic rings. The second-order valence-electron chi connectivity index (χ2n) is 4.68. The van der Waals surface area contributed by atoms with Crippen LogP contribution < -0.4 is 11.1 Å². The smallest absolute Gasteiger partial charge is 0.350 e. The number of anilines is 1. The van der Waals surface area contributed by atoms with Gasteiger partial charge in [0.25, 0.3) is 0 Å². The first kappa shape index (κ1) is 15.2. The average molecular weight is 304 g/mol. The van der Waals surface area contributed by atoms with E-state index < -0.39 is 17.4 Å². The quantitative estimate of drug-likeness (QED) is 0.850. The van der Waals surface area contributed by atoms with Crippen LogP contribution in [0.25, 0.3) is 0 Å². The molecule has 0 saturated heterocycles. The predicted molar refractivity (Wildman–Crippen MR) is 82.3 cm³/mol. The van der Waals surface area contributed by atoms with E-state index in [9.17, 15) is 9.59 Å². The minimum atomic E-state index is -1.20. The van der Waals surface area contributed by atoms with Crippen LogP contribution in [0.2, 0.25) is 0 Å². The van der Waals surface area contributed by atoms with E-state index in [0.29, 0.717) is 16.1 Å². The van der Waals surface area contributed by atoms with E-state index in [2.05, 4.69) is 10.1 Å². The molecule has 1 unspecified atom stereocenters. The van der Waals surface area contributed by atoms with E-state index in [4.69, 9.17) is 5.73 Å². The summed E-state index contributed by atoms with van der Waals surface area (Å²) in [4.78, 5) is 24.4. The van der Waals surface area contributed by atoms with Gasteiger partial charge in [0.05, 0.1) is 12.8 Å². The lowest BCUT2D eigenvalue weighted by Gasteiger charge is -2.24. The molecule has 0 aliphatic heterocycles. The molecule has 2 rings (SSSR count). The van der Waals surface area contributed by atoms with Crippen molar-refractivity contribution in [1.29, 1.82) is 0 Å². The Bertz CT molecular complexity index is 650. The van der Waals surface area contributed by atoms with Crippen molar-refractivity contribution in [2.24, 2.45) is 5.73 Å². The number of amides is 1. The highest BCUT2D eigenvalue weighted by Gasteiger charge is 2.31. The normalized spacial score (nSPS) is 13.3. The van der Waals surface area contributed by atoms with E-state index >= 15 is 0 Å². The zero-order chi connectivity index (χ0) is 15.5. The lowest BCUT2D eigenvalue weighted by Crippen LogP contribution is -2.45. The molecule has 0 bridgehead atoms. The number of nitrogens with one attached hydrogen (secondary N) is 1. The van der Waals surface area contributed by atoms with Gasteiger partial charge in [-0.1, -0.05) is 30.3 Å². The Hall–Kier alpha value is -2.18. The first-order chi connectivity index (χ1) is 9.96. The van der Waals surface area contributed by atoms with Gasteiger partial charge in [0, 0.05) is 0 Å². The fourth-order valence-corrected chi connectivity index (χ4v) is 2.59. The van der Waals surface area contributed by atoms with Gasteiger partial charge in [-0.05, 0) is 23.9 Å². The van der Waals surface area contributed by atoms with E-state index in [1.54, 1.807) is 30.5 Å². The lowest BCUT2D eigenvalue weighted by atomic mass is 9.92. The monoisotopic (exact) mass is 304 g/mol. The topological polar surface area (TPSA) is 81.4 Å². The van der Waals surface area contributed by atoms with E-state index in [-0.39, 0.29) is 0 Å². The summed E-state index contributed by atoms with van der Waals surface area (Å²) >= 11 is 1.20. The van der Waals surface area contributed by atoms with Gasteiger partial charge in [-0.25, -0.2) is 4.79 Å². The second kappa shape index (κ2) is 6.07. The molecule has 1 aromatic heterocycles. The zero-order valence-electron chi connectivity index (χ0n) is 11.8. The van der Waals surface area contributed by atoms with Crippen LogP contribution in [-0.4, -0.2) is 19.0 Å². The molecule has 6 heteroatoms. The Balaban J connectivity index is 2.22. The van der Waals surface area contributed by atoms with Crippen LogP contribution in [0.1, 0.15) is 22.2 Å².